The van der Waals surface area contributed by atoms with Gasteiger partial charge in [-0.05, 0) is 105 Å². The van der Waals surface area contributed by atoms with Crippen molar-refractivity contribution in [1.82, 2.24) is 70.6 Å². The van der Waals surface area contributed by atoms with Crippen LogP contribution in [0.1, 0.15) is 171 Å². The number of anilines is 4. The number of nitrogen functional groups attached to an aromatic ring is 2. The second kappa shape index (κ2) is 57.8. The standard InChI is InChI=1S/C56H83N11O12.C35H54N8O7/c1-6-7-20-60-52-51-48(64-54(57)65-52)34-62-67(51)36-43-18-17-42(32-50(43)74-5)35-66(44-10-8-11-44)56(73)79-37-41-15-13-40(14-16-41)31-49(70)47(12-9-21-61-55(58)72)63-53(71)46(38(2)3)33-45(69)19-23-75-25-27-77-29-30-78-28-26-76-24-22-59-39(4)68;1-4-5-12-38-34-33-30(40-35(36)41-34)23-39-43(33)25-28-10-9-27(22-31(28)46-3)24-42(29-7-6-8-29)32(45)11-14-47-16-18-49-20-21-50-19-17-48-15-13-37-26(2)44/h13-18,32,34,38,44,46-47H,6-12,19-31,33,35-37H2,1-5H3,(H,59,68)(H,63,71)(H3,58,61,72)(H3,57,60,64,65);9-10,22-23,29H,4-8,11-21,24-25H2,1-3H3,(H,37,44)(H3,36,38,40,41)/t46-,47-;/m0./s1. The lowest BCUT2D eigenvalue weighted by molar-refractivity contribution is -0.137. The van der Waals surface area contributed by atoms with Crippen molar-refractivity contribution >= 4 is 92.9 Å². The zero-order chi connectivity index (χ0) is 92.5. The molecule has 2 aliphatic rings. The van der Waals surface area contributed by atoms with E-state index in [9.17, 15) is 38.4 Å². The van der Waals surface area contributed by atoms with Crippen LogP contribution in [0.5, 0.6) is 11.5 Å². The minimum absolute atomic E-state index is 0.00177. The van der Waals surface area contributed by atoms with Gasteiger partial charge in [0.15, 0.2) is 17.4 Å². The molecule has 9 rings (SSSR count). The number of methoxy groups -OCH3 is 2. The zero-order valence-corrected chi connectivity index (χ0v) is 76.5. The normalized spacial score (nSPS) is 13.0. The summed E-state index contributed by atoms with van der Waals surface area (Å²) >= 11 is 0. The first-order valence-electron chi connectivity index (χ1n) is 45.1. The van der Waals surface area contributed by atoms with Crippen LogP contribution in [0, 0.1) is 11.8 Å². The number of nitrogens with two attached hydrogens (primary N) is 3. The predicted octanol–water partition coefficient (Wildman–Crippen LogP) is 8.39. The van der Waals surface area contributed by atoms with E-state index < -0.39 is 30.0 Å². The fraction of sp³-hybridized carbons (Fsp3) is 0.604. The van der Waals surface area contributed by atoms with Crippen molar-refractivity contribution in [1.29, 1.82) is 0 Å². The van der Waals surface area contributed by atoms with Gasteiger partial charge in [-0.2, -0.15) is 20.2 Å². The number of carbonyl (C=O) groups excluding carboxylic acids is 8. The molecular formula is C91H137N19O19. The SMILES string of the molecule is CCCCNc1nc(N)nc2cnn(Cc3ccc(CN(C(=O)CCOCCOCCOCCOCCNC(C)=O)C4CCC4)cc3OC)c12.CCCCNc1nc(N)nc2cnn(Cc3ccc(CN(C(=O)OCc4ccc(CC(=O)[C@H](CCCNC(N)=O)NC(=O)[C@@H](CC(=O)CCOCCOCCOCCOCCNC(C)=O)C(C)C)cc4)C4CCC4)cc3OC)c12. The van der Waals surface area contributed by atoms with Crippen LogP contribution in [0.2, 0.25) is 0 Å². The van der Waals surface area contributed by atoms with Crippen LogP contribution in [0.3, 0.4) is 0 Å². The topological polar surface area (TPSA) is 482 Å². The largest absolute Gasteiger partial charge is 0.496 e. The molecule has 2 saturated carbocycles. The Hall–Kier alpha value is -11.0. The van der Waals surface area contributed by atoms with Crippen LogP contribution < -0.4 is 58.6 Å². The third kappa shape index (κ3) is 36.8. The van der Waals surface area contributed by atoms with Gasteiger partial charge in [0, 0.05) is 108 Å². The number of aromatic nitrogens is 8. The van der Waals surface area contributed by atoms with Gasteiger partial charge in [-0.1, -0.05) is 89.1 Å². The molecule has 0 unspecified atom stereocenters. The van der Waals surface area contributed by atoms with Gasteiger partial charge in [-0.3, -0.25) is 38.1 Å². The smallest absolute Gasteiger partial charge is 0.410 e. The monoisotopic (exact) mass is 1800 g/mol. The Labute approximate surface area is 755 Å². The summed E-state index contributed by atoms with van der Waals surface area (Å²) in [7, 11) is 3.27. The molecule has 7 amide bonds. The maximum absolute atomic E-state index is 13.9. The van der Waals surface area contributed by atoms with Crippen LogP contribution >= 0.6 is 0 Å². The van der Waals surface area contributed by atoms with Gasteiger partial charge in [-0.15, -0.1) is 0 Å². The van der Waals surface area contributed by atoms with Crippen LogP contribution in [0.25, 0.3) is 22.1 Å². The summed E-state index contributed by atoms with van der Waals surface area (Å²) in [6.07, 6.45) is 13.9. The molecule has 12 N–H and O–H groups in total. The van der Waals surface area contributed by atoms with Crippen LogP contribution in [-0.4, -0.2) is 267 Å². The van der Waals surface area contributed by atoms with E-state index in [2.05, 4.69) is 81.9 Å². The van der Waals surface area contributed by atoms with Crippen molar-refractivity contribution in [3.05, 3.63) is 106 Å². The summed E-state index contributed by atoms with van der Waals surface area (Å²) in [5, 5.41) is 26.7. The molecule has 0 aliphatic heterocycles. The van der Waals surface area contributed by atoms with Crippen molar-refractivity contribution < 1.29 is 90.5 Å². The van der Waals surface area contributed by atoms with Crippen LogP contribution in [0.4, 0.5) is 33.1 Å². The van der Waals surface area contributed by atoms with E-state index in [1.54, 1.807) is 55.8 Å². The van der Waals surface area contributed by atoms with E-state index in [4.69, 9.17) is 69.3 Å². The van der Waals surface area contributed by atoms with Gasteiger partial charge in [0.05, 0.1) is 158 Å². The molecule has 2 fully saturated rings. The molecule has 2 aliphatic carbocycles. The molecule has 2 atom stereocenters. The highest BCUT2D eigenvalue weighted by atomic mass is 16.6. The maximum atomic E-state index is 13.9. The molecule has 3 aromatic carbocycles. The van der Waals surface area contributed by atoms with Crippen molar-refractivity contribution in [3.8, 4) is 11.5 Å². The maximum Gasteiger partial charge on any atom is 0.410 e. The van der Waals surface area contributed by atoms with Crippen molar-refractivity contribution in [2.75, 3.05) is 175 Å². The number of amides is 7. The number of unbranched alkanes of at least 4 members (excludes halogenated alkanes) is 2. The summed E-state index contributed by atoms with van der Waals surface area (Å²) < 4.78 is 65.3. The third-order valence-corrected chi connectivity index (χ3v) is 21.8. The number of Topliss-reactive ketones (excluding diaryl/α,β-unsaturated/α-hetero) is 2. The highest BCUT2D eigenvalue weighted by Gasteiger charge is 2.33. The lowest BCUT2D eigenvalue weighted by Crippen LogP contribution is -2.46. The summed E-state index contributed by atoms with van der Waals surface area (Å²) in [5.74, 6) is 1.26. The predicted molar refractivity (Wildman–Crippen MR) is 487 cm³/mol. The summed E-state index contributed by atoms with van der Waals surface area (Å²) in [6.45, 7) is 21.4. The van der Waals surface area contributed by atoms with Crippen molar-refractivity contribution in [3.63, 3.8) is 0 Å². The Morgan fingerprint density at radius 1 is 0.512 bits per heavy atom. The van der Waals surface area contributed by atoms with Gasteiger partial charge >= 0.3 is 12.1 Å². The Balaban J connectivity index is 0.000000352. The number of urea groups is 1. The highest BCUT2D eigenvalue weighted by molar-refractivity contribution is 5.93. The van der Waals surface area contributed by atoms with Crippen LogP contribution in [0.15, 0.2) is 73.1 Å². The second-order valence-corrected chi connectivity index (χ2v) is 32.1. The molecule has 0 saturated heterocycles. The lowest BCUT2D eigenvalue weighted by atomic mass is 9.88. The van der Waals surface area contributed by atoms with Crippen LogP contribution in [-0.2, 0) is 111 Å². The Morgan fingerprint density at radius 3 is 1.38 bits per heavy atom. The highest BCUT2D eigenvalue weighted by Crippen LogP contribution is 2.33. The average molecular weight is 1800 g/mol. The molecule has 38 heteroatoms. The molecular weight excluding hydrogens is 1660 g/mol. The summed E-state index contributed by atoms with van der Waals surface area (Å²) in [4.78, 5) is 122. The number of hydrogen-bond acceptors (Lipinski definition) is 29. The second-order valence-electron chi connectivity index (χ2n) is 32.1. The molecule has 710 valence electrons. The minimum atomic E-state index is -0.894. The van der Waals surface area contributed by atoms with E-state index in [1.807, 2.05) is 58.4 Å². The Kier molecular flexibility index (Phi) is 46.3. The fourth-order valence-corrected chi connectivity index (χ4v) is 14.2. The van der Waals surface area contributed by atoms with E-state index in [-0.39, 0.29) is 111 Å². The molecule has 4 aromatic heterocycles. The summed E-state index contributed by atoms with van der Waals surface area (Å²) in [6, 6.07) is 17.9. The first-order chi connectivity index (χ1) is 62.5. The molecule has 38 nitrogen and oxygen atoms in total. The first kappa shape index (κ1) is 103. The third-order valence-electron chi connectivity index (χ3n) is 21.8. The molecule has 0 radical (unpaired) electrons. The van der Waals surface area contributed by atoms with E-state index >= 15 is 0 Å². The lowest BCUT2D eigenvalue weighted by Gasteiger charge is -2.38. The number of ketones is 2. The Bertz CT molecular complexity index is 4590. The number of fused-ring (bicyclic) bond motifs is 2. The Morgan fingerprint density at radius 2 is 0.946 bits per heavy atom. The average Bonchev–Trinajstić information content (AvgIpc) is 1.66. The van der Waals surface area contributed by atoms with Crippen molar-refractivity contribution in [2.24, 2.45) is 17.6 Å². The quantitative estimate of drug-likeness (QED) is 0.0161. The van der Waals surface area contributed by atoms with E-state index in [0.717, 1.165) is 122 Å². The number of nitrogens with zero attached hydrogens (tertiary/aromatic N) is 10. The van der Waals surface area contributed by atoms with Gasteiger partial charge in [0.25, 0.3) is 0 Å². The minimum Gasteiger partial charge on any atom is -0.496 e. The van der Waals surface area contributed by atoms with Gasteiger partial charge in [-0.25, -0.2) is 19.6 Å². The number of ether oxygens (including phenoxy) is 11. The molecule has 129 heavy (non-hydrogen) atoms. The first-order valence-corrected chi connectivity index (χ1v) is 45.1. The van der Waals surface area contributed by atoms with Gasteiger partial charge in [0.2, 0.25) is 35.5 Å². The molecule has 4 heterocycles. The number of nitrogens with one attached hydrogen (secondary N) is 6. The van der Waals surface area contributed by atoms with Gasteiger partial charge < -0.3 is 111 Å². The molecule has 7 aromatic rings. The fourth-order valence-electron chi connectivity index (χ4n) is 14.2. The van der Waals surface area contributed by atoms with Gasteiger partial charge in [0.1, 0.15) is 46.0 Å². The summed E-state index contributed by atoms with van der Waals surface area (Å²) in [5.41, 5.74) is 25.2. The molecule has 0 spiro atoms. The van der Waals surface area contributed by atoms with Crippen molar-refractivity contribution in [2.45, 2.75) is 195 Å². The zero-order valence-electron chi connectivity index (χ0n) is 76.5. The number of carbonyl (C=O) groups is 8. The van der Waals surface area contributed by atoms with E-state index in [0.29, 0.717) is 179 Å². The molecule has 0 bridgehead atoms. The van der Waals surface area contributed by atoms with E-state index in [1.165, 1.54) is 13.8 Å². The number of hydrogen-bond donors (Lipinski definition) is 9. The number of primary amides is 1. The number of rotatable bonds is 64. The number of benzene rings is 3.